The van der Waals surface area contributed by atoms with Gasteiger partial charge >= 0.3 is 5.97 Å². The van der Waals surface area contributed by atoms with Crippen LogP contribution >= 0.6 is 0 Å². The highest BCUT2D eigenvalue weighted by molar-refractivity contribution is 5.85. The third-order valence-corrected chi connectivity index (χ3v) is 4.65. The first kappa shape index (κ1) is 14.3. The molecule has 21 heavy (non-hydrogen) atoms. The summed E-state index contributed by atoms with van der Waals surface area (Å²) in [6, 6.07) is 6.01. The number of hydrogen-bond acceptors (Lipinski definition) is 4. The van der Waals surface area contributed by atoms with Gasteiger partial charge in [0.15, 0.2) is 5.69 Å². The van der Waals surface area contributed by atoms with Gasteiger partial charge in [-0.05, 0) is 31.4 Å². The fourth-order valence-corrected chi connectivity index (χ4v) is 3.52. The van der Waals surface area contributed by atoms with E-state index < -0.39 is 5.97 Å². The summed E-state index contributed by atoms with van der Waals surface area (Å²) in [6.07, 6.45) is 6.54. The van der Waals surface area contributed by atoms with Crippen LogP contribution in [-0.2, 0) is 0 Å². The van der Waals surface area contributed by atoms with Gasteiger partial charge in [-0.1, -0.05) is 18.9 Å². The van der Waals surface area contributed by atoms with Gasteiger partial charge in [0.2, 0.25) is 0 Å². The minimum atomic E-state index is -0.959. The van der Waals surface area contributed by atoms with Crippen molar-refractivity contribution >= 4 is 11.8 Å². The lowest BCUT2D eigenvalue weighted by Crippen LogP contribution is -2.37. The van der Waals surface area contributed by atoms with E-state index in [2.05, 4.69) is 14.8 Å². The number of anilines is 1. The van der Waals surface area contributed by atoms with Gasteiger partial charge in [-0.25, -0.2) is 9.78 Å². The van der Waals surface area contributed by atoms with E-state index in [0.29, 0.717) is 0 Å². The SMILES string of the molecule is O=C(O)c1cccc(N2CCCN(C3CCCC3)CC2)n1. The fraction of sp³-hybridized carbons (Fsp3) is 0.625. The monoisotopic (exact) mass is 289 g/mol. The molecule has 0 amide bonds. The molecule has 1 saturated heterocycles. The molecule has 1 saturated carbocycles. The maximum absolute atomic E-state index is 11.0. The predicted molar refractivity (Wildman–Crippen MR) is 81.9 cm³/mol. The molecule has 0 spiro atoms. The Kier molecular flexibility index (Phi) is 4.39. The van der Waals surface area contributed by atoms with Gasteiger partial charge in [0.05, 0.1) is 0 Å². The van der Waals surface area contributed by atoms with E-state index in [1.54, 1.807) is 12.1 Å². The quantitative estimate of drug-likeness (QED) is 0.925. The summed E-state index contributed by atoms with van der Waals surface area (Å²) in [4.78, 5) is 20.2. The summed E-state index contributed by atoms with van der Waals surface area (Å²) in [6.45, 7) is 4.11. The maximum Gasteiger partial charge on any atom is 0.354 e. The molecule has 3 rings (SSSR count). The molecule has 1 aromatic heterocycles. The molecule has 1 N–H and O–H groups in total. The second-order valence-electron chi connectivity index (χ2n) is 6.00. The normalized spacial score (nSPS) is 21.4. The van der Waals surface area contributed by atoms with Crippen LogP contribution in [0.2, 0.25) is 0 Å². The average molecular weight is 289 g/mol. The van der Waals surface area contributed by atoms with Crippen molar-refractivity contribution in [3.05, 3.63) is 23.9 Å². The van der Waals surface area contributed by atoms with Gasteiger partial charge < -0.3 is 10.0 Å². The summed E-state index contributed by atoms with van der Waals surface area (Å²) in [7, 11) is 0. The smallest absolute Gasteiger partial charge is 0.354 e. The Balaban J connectivity index is 1.66. The third-order valence-electron chi connectivity index (χ3n) is 4.65. The Morgan fingerprint density at radius 1 is 1.10 bits per heavy atom. The summed E-state index contributed by atoms with van der Waals surface area (Å²) in [5.74, 6) is -0.164. The summed E-state index contributed by atoms with van der Waals surface area (Å²) in [5, 5.41) is 9.06. The van der Waals surface area contributed by atoms with Crippen molar-refractivity contribution in [1.29, 1.82) is 0 Å². The minimum Gasteiger partial charge on any atom is -0.477 e. The molecule has 114 valence electrons. The van der Waals surface area contributed by atoms with Gasteiger partial charge in [-0.15, -0.1) is 0 Å². The zero-order chi connectivity index (χ0) is 14.7. The number of pyridine rings is 1. The van der Waals surface area contributed by atoms with Crippen molar-refractivity contribution in [2.24, 2.45) is 0 Å². The zero-order valence-electron chi connectivity index (χ0n) is 12.4. The number of aromatic carboxylic acids is 1. The van der Waals surface area contributed by atoms with Crippen LogP contribution in [0.4, 0.5) is 5.82 Å². The van der Waals surface area contributed by atoms with E-state index in [1.165, 1.54) is 25.7 Å². The maximum atomic E-state index is 11.0. The van der Waals surface area contributed by atoms with E-state index in [-0.39, 0.29) is 5.69 Å². The second kappa shape index (κ2) is 6.43. The lowest BCUT2D eigenvalue weighted by molar-refractivity contribution is 0.0690. The van der Waals surface area contributed by atoms with Crippen molar-refractivity contribution in [3.8, 4) is 0 Å². The van der Waals surface area contributed by atoms with Crippen LogP contribution in [0.25, 0.3) is 0 Å². The number of nitrogens with zero attached hydrogens (tertiary/aromatic N) is 3. The molecule has 5 nitrogen and oxygen atoms in total. The molecule has 1 aliphatic carbocycles. The van der Waals surface area contributed by atoms with E-state index in [0.717, 1.165) is 44.5 Å². The van der Waals surface area contributed by atoms with Gasteiger partial charge in [0.25, 0.3) is 0 Å². The molecule has 0 atom stereocenters. The topological polar surface area (TPSA) is 56.7 Å². The molecule has 5 heteroatoms. The number of carboxylic acid groups (broad SMARTS) is 1. The van der Waals surface area contributed by atoms with Crippen LogP contribution in [0.5, 0.6) is 0 Å². The van der Waals surface area contributed by atoms with Crippen LogP contribution in [-0.4, -0.2) is 53.2 Å². The van der Waals surface area contributed by atoms with Crippen LogP contribution in [0.15, 0.2) is 18.2 Å². The number of carboxylic acids is 1. The third kappa shape index (κ3) is 3.35. The summed E-state index contributed by atoms with van der Waals surface area (Å²) in [5.41, 5.74) is 0.129. The van der Waals surface area contributed by atoms with Crippen molar-refractivity contribution < 1.29 is 9.90 Å². The first-order valence-electron chi connectivity index (χ1n) is 7.93. The van der Waals surface area contributed by atoms with Crippen LogP contribution in [0, 0.1) is 0 Å². The summed E-state index contributed by atoms with van der Waals surface area (Å²) < 4.78 is 0. The molecule has 0 radical (unpaired) electrons. The van der Waals surface area contributed by atoms with Gasteiger partial charge in [0, 0.05) is 32.2 Å². The first-order chi connectivity index (χ1) is 10.2. The highest BCUT2D eigenvalue weighted by atomic mass is 16.4. The Morgan fingerprint density at radius 3 is 2.67 bits per heavy atom. The van der Waals surface area contributed by atoms with E-state index in [9.17, 15) is 4.79 Å². The van der Waals surface area contributed by atoms with Gasteiger partial charge in [-0.3, -0.25) is 4.90 Å². The zero-order valence-corrected chi connectivity index (χ0v) is 12.4. The second-order valence-corrected chi connectivity index (χ2v) is 6.00. The number of aromatic nitrogens is 1. The van der Waals surface area contributed by atoms with Crippen molar-refractivity contribution in [3.63, 3.8) is 0 Å². The minimum absolute atomic E-state index is 0.129. The molecule has 1 aromatic rings. The Labute approximate surface area is 125 Å². The van der Waals surface area contributed by atoms with E-state index in [1.807, 2.05) is 6.07 Å². The summed E-state index contributed by atoms with van der Waals surface area (Å²) >= 11 is 0. The number of hydrogen-bond donors (Lipinski definition) is 1. The fourth-order valence-electron chi connectivity index (χ4n) is 3.52. The molecular weight excluding hydrogens is 266 g/mol. The Morgan fingerprint density at radius 2 is 1.90 bits per heavy atom. The standard InChI is InChI=1S/C16H23N3O2/c20-16(21)14-7-3-8-15(17-14)19-10-4-9-18(11-12-19)13-5-1-2-6-13/h3,7-8,13H,1-2,4-6,9-12H2,(H,20,21). The largest absolute Gasteiger partial charge is 0.477 e. The predicted octanol–water partition coefficient (Wildman–Crippen LogP) is 2.23. The Hall–Kier alpha value is -1.62. The van der Waals surface area contributed by atoms with Crippen molar-refractivity contribution in [2.75, 3.05) is 31.1 Å². The molecule has 0 aromatic carbocycles. The Bertz CT molecular complexity index is 500. The molecular formula is C16H23N3O2. The highest BCUT2D eigenvalue weighted by Crippen LogP contribution is 2.25. The molecule has 1 aliphatic heterocycles. The molecule has 2 heterocycles. The van der Waals surface area contributed by atoms with Gasteiger partial charge in [0.1, 0.15) is 5.82 Å². The molecule has 0 bridgehead atoms. The molecule has 2 fully saturated rings. The van der Waals surface area contributed by atoms with Crippen LogP contribution < -0.4 is 4.90 Å². The van der Waals surface area contributed by atoms with Gasteiger partial charge in [-0.2, -0.15) is 0 Å². The lowest BCUT2D eigenvalue weighted by atomic mass is 10.2. The molecule has 2 aliphatic rings. The van der Waals surface area contributed by atoms with Crippen molar-refractivity contribution in [2.45, 2.75) is 38.1 Å². The van der Waals surface area contributed by atoms with Crippen LogP contribution in [0.3, 0.4) is 0 Å². The molecule has 0 unspecified atom stereocenters. The van der Waals surface area contributed by atoms with Crippen molar-refractivity contribution in [1.82, 2.24) is 9.88 Å². The first-order valence-corrected chi connectivity index (χ1v) is 7.93. The van der Waals surface area contributed by atoms with Crippen LogP contribution in [0.1, 0.15) is 42.6 Å². The van der Waals surface area contributed by atoms with E-state index in [4.69, 9.17) is 5.11 Å². The highest BCUT2D eigenvalue weighted by Gasteiger charge is 2.25. The number of rotatable bonds is 3. The number of carbonyl (C=O) groups is 1. The van der Waals surface area contributed by atoms with E-state index >= 15 is 0 Å². The lowest BCUT2D eigenvalue weighted by Gasteiger charge is -2.27. The average Bonchev–Trinajstić information content (AvgIpc) is 2.92.